The van der Waals surface area contributed by atoms with E-state index in [2.05, 4.69) is 20.5 Å². The highest BCUT2D eigenvalue weighted by atomic mass is 19.3. The minimum Gasteiger partial charge on any atom is -0.364 e. The summed E-state index contributed by atoms with van der Waals surface area (Å²) in [5.41, 5.74) is 1.15. The van der Waals surface area contributed by atoms with Crippen LogP contribution in [0.3, 0.4) is 0 Å². The highest BCUT2D eigenvalue weighted by Crippen LogP contribution is 2.37. The van der Waals surface area contributed by atoms with Gasteiger partial charge in [0.1, 0.15) is 12.0 Å². The van der Waals surface area contributed by atoms with E-state index in [4.69, 9.17) is 9.05 Å². The van der Waals surface area contributed by atoms with Gasteiger partial charge in [-0.15, -0.1) is 0 Å². The van der Waals surface area contributed by atoms with E-state index >= 15 is 0 Å². The van der Waals surface area contributed by atoms with Gasteiger partial charge in [-0.2, -0.15) is 0 Å². The van der Waals surface area contributed by atoms with E-state index in [0.29, 0.717) is 17.4 Å². The van der Waals surface area contributed by atoms with Crippen LogP contribution in [-0.2, 0) is 17.1 Å². The van der Waals surface area contributed by atoms with E-state index in [1.807, 2.05) is 6.92 Å². The van der Waals surface area contributed by atoms with Crippen LogP contribution in [0.25, 0.3) is 0 Å². The number of piperidine rings is 1. The first-order valence-electron chi connectivity index (χ1n) is 12.0. The molecule has 1 saturated carbocycles. The summed E-state index contributed by atoms with van der Waals surface area (Å²) < 4.78 is 37.5. The number of alkyl halides is 2. The maximum atomic E-state index is 13.8. The normalized spacial score (nSPS) is 23.0. The van der Waals surface area contributed by atoms with Gasteiger partial charge in [0.15, 0.2) is 0 Å². The fourth-order valence-electron chi connectivity index (χ4n) is 5.20. The molecule has 2 fully saturated rings. The third kappa shape index (κ3) is 6.40. The van der Waals surface area contributed by atoms with Crippen molar-refractivity contribution in [3.05, 3.63) is 35.0 Å². The Morgan fingerprint density at radius 1 is 1.18 bits per heavy atom. The number of hydrogen-bond acceptors (Lipinski definition) is 6. The van der Waals surface area contributed by atoms with Crippen molar-refractivity contribution in [2.24, 2.45) is 5.92 Å². The van der Waals surface area contributed by atoms with E-state index < -0.39 is 5.92 Å². The number of nitrogens with zero attached hydrogens (tertiary/aromatic N) is 3. The molecule has 1 saturated heterocycles. The molecule has 182 valence electrons. The lowest BCUT2D eigenvalue weighted by molar-refractivity contribution is -0.121. The largest absolute Gasteiger partial charge is 0.364 e. The summed E-state index contributed by atoms with van der Waals surface area (Å²) in [6.45, 7) is 5.58. The van der Waals surface area contributed by atoms with Crippen LogP contribution >= 0.6 is 0 Å². The van der Waals surface area contributed by atoms with Crippen molar-refractivity contribution < 1.29 is 22.6 Å². The van der Waals surface area contributed by atoms with Gasteiger partial charge in [-0.1, -0.05) is 10.3 Å². The second-order valence-electron chi connectivity index (χ2n) is 9.80. The molecule has 0 atom stereocenters. The second-order valence-corrected chi connectivity index (χ2v) is 9.80. The average molecular weight is 465 g/mol. The quantitative estimate of drug-likeness (QED) is 0.616. The number of aromatic nitrogens is 2. The minimum atomic E-state index is -2.92. The SMILES string of the molecule is Cc1cc(CC(=O)NC2CCC(CCN3CCC(c4nocc4C(C)(F)F)CC3)CC2)on1. The van der Waals surface area contributed by atoms with Crippen LogP contribution in [-0.4, -0.2) is 46.8 Å². The third-order valence-electron chi connectivity index (χ3n) is 7.12. The van der Waals surface area contributed by atoms with Gasteiger partial charge in [-0.3, -0.25) is 4.79 Å². The van der Waals surface area contributed by atoms with Crippen molar-refractivity contribution in [2.75, 3.05) is 19.6 Å². The van der Waals surface area contributed by atoms with Gasteiger partial charge in [-0.25, -0.2) is 8.78 Å². The van der Waals surface area contributed by atoms with Gasteiger partial charge in [0.05, 0.1) is 23.4 Å². The molecular formula is C24H34F2N4O3. The molecule has 3 heterocycles. The molecule has 1 amide bonds. The zero-order chi connectivity index (χ0) is 23.4. The first-order chi connectivity index (χ1) is 15.8. The third-order valence-corrected chi connectivity index (χ3v) is 7.12. The van der Waals surface area contributed by atoms with Crippen LogP contribution in [0, 0.1) is 12.8 Å². The molecule has 1 N–H and O–H groups in total. The number of hydrogen-bond donors (Lipinski definition) is 1. The van der Waals surface area contributed by atoms with Gasteiger partial charge in [0.2, 0.25) is 5.91 Å². The Hall–Kier alpha value is -2.29. The van der Waals surface area contributed by atoms with E-state index in [0.717, 1.165) is 83.5 Å². The lowest BCUT2D eigenvalue weighted by Crippen LogP contribution is -2.39. The lowest BCUT2D eigenvalue weighted by Gasteiger charge is -2.34. The van der Waals surface area contributed by atoms with Crippen molar-refractivity contribution in [3.63, 3.8) is 0 Å². The number of halogens is 2. The van der Waals surface area contributed by atoms with Crippen LogP contribution in [0.5, 0.6) is 0 Å². The molecule has 0 bridgehead atoms. The van der Waals surface area contributed by atoms with Crippen LogP contribution in [0.2, 0.25) is 0 Å². The standard InChI is InChI=1S/C24H34F2N4O3/c1-16-13-20(33-28-16)14-22(31)27-19-5-3-17(4-6-19)7-10-30-11-8-18(9-12-30)23-21(15-32-29-23)24(2,25)26/h13,15,17-19H,3-12,14H2,1-2H3,(H,27,31). The summed E-state index contributed by atoms with van der Waals surface area (Å²) in [5.74, 6) is -1.60. The Kier molecular flexibility index (Phi) is 7.46. The maximum Gasteiger partial charge on any atom is 0.275 e. The fraction of sp³-hybridized carbons (Fsp3) is 0.708. The summed E-state index contributed by atoms with van der Waals surface area (Å²) >= 11 is 0. The number of likely N-dealkylation sites (tertiary alicyclic amines) is 1. The summed E-state index contributed by atoms with van der Waals surface area (Å²) in [5, 5.41) is 10.8. The topological polar surface area (TPSA) is 84.4 Å². The Labute approximate surface area is 193 Å². The summed E-state index contributed by atoms with van der Waals surface area (Å²) in [6.07, 6.45) is 8.40. The molecular weight excluding hydrogens is 430 g/mol. The predicted molar refractivity (Wildman–Crippen MR) is 118 cm³/mol. The number of carbonyl (C=O) groups is 1. The fourth-order valence-corrected chi connectivity index (χ4v) is 5.20. The van der Waals surface area contributed by atoms with Gasteiger partial charge in [0, 0.05) is 24.9 Å². The minimum absolute atomic E-state index is 0.00595. The molecule has 0 unspecified atom stereocenters. The smallest absolute Gasteiger partial charge is 0.275 e. The van der Waals surface area contributed by atoms with Crippen LogP contribution in [0.15, 0.2) is 21.4 Å². The first kappa shape index (κ1) is 23.9. The molecule has 2 aliphatic rings. The van der Waals surface area contributed by atoms with Gasteiger partial charge < -0.3 is 19.3 Å². The molecule has 4 rings (SSSR count). The number of amides is 1. The average Bonchev–Trinajstić information content (AvgIpc) is 3.43. The van der Waals surface area contributed by atoms with Crippen LogP contribution < -0.4 is 5.32 Å². The predicted octanol–water partition coefficient (Wildman–Crippen LogP) is 4.57. The van der Waals surface area contributed by atoms with Crippen molar-refractivity contribution in [3.8, 4) is 0 Å². The summed E-state index contributed by atoms with van der Waals surface area (Å²) in [7, 11) is 0. The number of carbonyl (C=O) groups excluding carboxylic acids is 1. The molecule has 0 radical (unpaired) electrons. The lowest BCUT2D eigenvalue weighted by atomic mass is 9.83. The molecule has 2 aromatic rings. The van der Waals surface area contributed by atoms with Crippen LogP contribution in [0.4, 0.5) is 8.78 Å². The van der Waals surface area contributed by atoms with Crippen molar-refractivity contribution >= 4 is 5.91 Å². The Balaban J connectivity index is 1.13. The molecule has 9 heteroatoms. The molecule has 2 aromatic heterocycles. The molecule has 7 nitrogen and oxygen atoms in total. The Morgan fingerprint density at radius 3 is 2.55 bits per heavy atom. The second kappa shape index (κ2) is 10.3. The Morgan fingerprint density at radius 2 is 1.91 bits per heavy atom. The number of aryl methyl sites for hydroxylation is 1. The molecule has 1 aliphatic heterocycles. The first-order valence-corrected chi connectivity index (χ1v) is 12.0. The monoisotopic (exact) mass is 464 g/mol. The number of rotatable bonds is 8. The van der Waals surface area contributed by atoms with Crippen molar-refractivity contribution in [2.45, 2.75) is 83.1 Å². The van der Waals surface area contributed by atoms with Gasteiger partial charge in [-0.05, 0) is 77.4 Å². The highest BCUT2D eigenvalue weighted by Gasteiger charge is 2.35. The van der Waals surface area contributed by atoms with Crippen molar-refractivity contribution in [1.82, 2.24) is 20.5 Å². The summed E-state index contributed by atoms with van der Waals surface area (Å²) in [6, 6.07) is 2.03. The van der Waals surface area contributed by atoms with E-state index in [1.54, 1.807) is 6.07 Å². The number of nitrogens with one attached hydrogen (secondary N) is 1. The van der Waals surface area contributed by atoms with Crippen LogP contribution in [0.1, 0.15) is 80.5 Å². The summed E-state index contributed by atoms with van der Waals surface area (Å²) in [4.78, 5) is 14.7. The molecule has 1 aliphatic carbocycles. The zero-order valence-corrected chi connectivity index (χ0v) is 19.5. The highest BCUT2D eigenvalue weighted by molar-refractivity contribution is 5.78. The molecule has 0 spiro atoms. The van der Waals surface area contributed by atoms with E-state index in [-0.39, 0.29) is 29.9 Å². The van der Waals surface area contributed by atoms with Gasteiger partial charge in [0.25, 0.3) is 5.92 Å². The Bertz CT molecular complexity index is 907. The molecule has 33 heavy (non-hydrogen) atoms. The molecule has 0 aromatic carbocycles. The van der Waals surface area contributed by atoms with E-state index in [1.165, 1.54) is 0 Å². The van der Waals surface area contributed by atoms with Crippen molar-refractivity contribution in [1.29, 1.82) is 0 Å². The maximum absolute atomic E-state index is 13.8. The van der Waals surface area contributed by atoms with E-state index in [9.17, 15) is 13.6 Å². The van der Waals surface area contributed by atoms with Gasteiger partial charge >= 0.3 is 0 Å². The zero-order valence-electron chi connectivity index (χ0n) is 19.5.